The lowest BCUT2D eigenvalue weighted by molar-refractivity contribution is 0.199. The van der Waals surface area contributed by atoms with Gasteiger partial charge in [0.25, 0.3) is 0 Å². The summed E-state index contributed by atoms with van der Waals surface area (Å²) in [6, 6.07) is 5.96. The molecule has 0 amide bonds. The molecule has 0 atom stereocenters. The number of aromatic nitrogens is 3. The number of aryl methyl sites for hydroxylation is 1. The van der Waals surface area contributed by atoms with Crippen LogP contribution < -0.4 is 10.1 Å². The molecule has 21 heavy (non-hydrogen) atoms. The number of halogens is 1. The van der Waals surface area contributed by atoms with E-state index in [1.807, 2.05) is 29.8 Å². The van der Waals surface area contributed by atoms with E-state index in [1.165, 1.54) is 0 Å². The van der Waals surface area contributed by atoms with Crippen molar-refractivity contribution in [1.82, 2.24) is 20.1 Å². The zero-order valence-electron chi connectivity index (χ0n) is 12.2. The predicted molar refractivity (Wildman–Crippen MR) is 83.1 cm³/mol. The number of nitrogens with zero attached hydrogens (tertiary/aromatic N) is 3. The number of ether oxygens (including phenoxy) is 2. The topological polar surface area (TPSA) is 61.2 Å². The van der Waals surface area contributed by atoms with Crippen LogP contribution in [0, 0.1) is 0 Å². The summed E-state index contributed by atoms with van der Waals surface area (Å²) in [5.41, 5.74) is 1.09. The maximum Gasteiger partial charge on any atom is 0.170 e. The summed E-state index contributed by atoms with van der Waals surface area (Å²) in [5, 5.41) is 11.2. The maximum absolute atomic E-state index is 5.86. The fourth-order valence-corrected chi connectivity index (χ4v) is 2.21. The van der Waals surface area contributed by atoms with Gasteiger partial charge < -0.3 is 19.4 Å². The van der Waals surface area contributed by atoms with Crippen LogP contribution in [0.25, 0.3) is 0 Å². The zero-order chi connectivity index (χ0) is 15.1. The van der Waals surface area contributed by atoms with Crippen LogP contribution in [0.3, 0.4) is 0 Å². The van der Waals surface area contributed by atoms with Crippen molar-refractivity contribution in [1.29, 1.82) is 0 Å². The number of hydrogen-bond donors (Lipinski definition) is 1. The van der Waals surface area contributed by atoms with Gasteiger partial charge >= 0.3 is 0 Å². The van der Waals surface area contributed by atoms with Crippen LogP contribution in [0.5, 0.6) is 5.75 Å². The van der Waals surface area contributed by atoms with E-state index in [0.29, 0.717) is 13.2 Å². The Morgan fingerprint density at radius 3 is 2.95 bits per heavy atom. The lowest BCUT2D eigenvalue weighted by Gasteiger charge is -2.12. The van der Waals surface area contributed by atoms with Crippen molar-refractivity contribution in [2.45, 2.75) is 13.2 Å². The number of hydrogen-bond acceptors (Lipinski definition) is 5. The van der Waals surface area contributed by atoms with Crippen LogP contribution in [-0.4, -0.2) is 35.0 Å². The highest BCUT2D eigenvalue weighted by Gasteiger charge is 2.07. The van der Waals surface area contributed by atoms with Crippen molar-refractivity contribution in [2.75, 3.05) is 20.3 Å². The Labute approximate surface area is 132 Å². The van der Waals surface area contributed by atoms with Gasteiger partial charge in [0.15, 0.2) is 5.82 Å². The molecule has 0 fully saturated rings. The fraction of sp³-hybridized carbons (Fsp3) is 0.429. The first-order valence-electron chi connectivity index (χ1n) is 6.64. The summed E-state index contributed by atoms with van der Waals surface area (Å²) in [4.78, 5) is 0. The summed E-state index contributed by atoms with van der Waals surface area (Å²) < 4.78 is 13.7. The largest absolute Gasteiger partial charge is 0.485 e. The quantitative estimate of drug-likeness (QED) is 0.733. The number of methoxy groups -OCH3 is 1. The molecule has 0 unspecified atom stereocenters. The molecule has 0 aliphatic carbocycles. The lowest BCUT2D eigenvalue weighted by Crippen LogP contribution is -2.19. The van der Waals surface area contributed by atoms with Crippen LogP contribution in [0.2, 0.25) is 0 Å². The third-order valence-corrected chi connectivity index (χ3v) is 3.48. The average molecular weight is 355 g/mol. The molecule has 0 bridgehead atoms. The van der Waals surface area contributed by atoms with Gasteiger partial charge in [-0.05, 0) is 18.2 Å². The molecule has 1 aromatic heterocycles. The van der Waals surface area contributed by atoms with E-state index in [2.05, 4.69) is 31.4 Å². The summed E-state index contributed by atoms with van der Waals surface area (Å²) in [6.07, 6.45) is 1.66. The molecule has 1 heterocycles. The number of rotatable bonds is 8. The van der Waals surface area contributed by atoms with E-state index in [1.54, 1.807) is 13.4 Å². The molecule has 0 radical (unpaired) electrons. The molecule has 0 aliphatic rings. The monoisotopic (exact) mass is 354 g/mol. The highest BCUT2D eigenvalue weighted by Crippen LogP contribution is 2.23. The normalized spacial score (nSPS) is 10.8. The van der Waals surface area contributed by atoms with Gasteiger partial charge in [0.2, 0.25) is 0 Å². The van der Waals surface area contributed by atoms with Gasteiger partial charge in [-0.25, -0.2) is 0 Å². The first-order valence-corrected chi connectivity index (χ1v) is 7.43. The molecular weight excluding hydrogens is 336 g/mol. The van der Waals surface area contributed by atoms with E-state index in [9.17, 15) is 0 Å². The SMILES string of the molecule is COCCNCc1cc(Br)ccc1OCc1nncn1C. The molecule has 2 rings (SSSR count). The van der Waals surface area contributed by atoms with Gasteiger partial charge in [-0.2, -0.15) is 0 Å². The Morgan fingerprint density at radius 1 is 1.38 bits per heavy atom. The number of benzene rings is 1. The molecule has 7 heteroatoms. The van der Waals surface area contributed by atoms with Gasteiger partial charge in [-0.15, -0.1) is 10.2 Å². The molecule has 1 N–H and O–H groups in total. The van der Waals surface area contributed by atoms with Gasteiger partial charge in [0.05, 0.1) is 6.61 Å². The van der Waals surface area contributed by atoms with E-state index in [4.69, 9.17) is 9.47 Å². The molecule has 0 spiro atoms. The third-order valence-electron chi connectivity index (χ3n) is 2.98. The molecule has 0 saturated carbocycles. The summed E-state index contributed by atoms with van der Waals surface area (Å²) in [7, 11) is 3.59. The van der Waals surface area contributed by atoms with Crippen molar-refractivity contribution in [3.63, 3.8) is 0 Å². The van der Waals surface area contributed by atoms with Crippen LogP contribution in [0.1, 0.15) is 11.4 Å². The Kier molecular flexibility index (Phi) is 6.16. The second-order valence-corrected chi connectivity index (χ2v) is 5.48. The van der Waals surface area contributed by atoms with Crippen molar-refractivity contribution in [3.05, 3.63) is 40.4 Å². The van der Waals surface area contributed by atoms with E-state index < -0.39 is 0 Å². The zero-order valence-corrected chi connectivity index (χ0v) is 13.8. The van der Waals surface area contributed by atoms with Crippen molar-refractivity contribution < 1.29 is 9.47 Å². The van der Waals surface area contributed by atoms with Gasteiger partial charge in [0.1, 0.15) is 18.7 Å². The van der Waals surface area contributed by atoms with Crippen LogP contribution in [-0.2, 0) is 24.9 Å². The lowest BCUT2D eigenvalue weighted by atomic mass is 10.2. The van der Waals surface area contributed by atoms with Gasteiger partial charge in [-0.1, -0.05) is 15.9 Å². The molecule has 6 nitrogen and oxygen atoms in total. The highest BCUT2D eigenvalue weighted by molar-refractivity contribution is 9.10. The van der Waals surface area contributed by atoms with E-state index in [-0.39, 0.29) is 0 Å². The van der Waals surface area contributed by atoms with Crippen LogP contribution >= 0.6 is 15.9 Å². The first-order chi connectivity index (χ1) is 10.2. The van der Waals surface area contributed by atoms with Gasteiger partial charge in [-0.3, -0.25) is 0 Å². The van der Waals surface area contributed by atoms with E-state index in [0.717, 1.165) is 34.7 Å². The maximum atomic E-state index is 5.86. The van der Waals surface area contributed by atoms with Crippen LogP contribution in [0.15, 0.2) is 29.0 Å². The summed E-state index contributed by atoms with van der Waals surface area (Å²) >= 11 is 3.49. The molecule has 2 aromatic rings. The average Bonchev–Trinajstić information content (AvgIpc) is 2.88. The van der Waals surface area contributed by atoms with Gasteiger partial charge in [0, 0.05) is 37.3 Å². The van der Waals surface area contributed by atoms with Crippen molar-refractivity contribution in [3.8, 4) is 5.75 Å². The third kappa shape index (κ3) is 4.80. The Bertz CT molecular complexity index is 574. The number of nitrogens with one attached hydrogen (secondary N) is 1. The summed E-state index contributed by atoms with van der Waals surface area (Å²) in [5.74, 6) is 1.63. The van der Waals surface area contributed by atoms with Crippen molar-refractivity contribution in [2.24, 2.45) is 7.05 Å². The van der Waals surface area contributed by atoms with E-state index >= 15 is 0 Å². The fourth-order valence-electron chi connectivity index (χ4n) is 1.80. The second-order valence-electron chi connectivity index (χ2n) is 4.57. The molecule has 0 saturated heterocycles. The first kappa shape index (κ1) is 15.9. The Balaban J connectivity index is 1.99. The van der Waals surface area contributed by atoms with Crippen molar-refractivity contribution >= 4 is 15.9 Å². The Morgan fingerprint density at radius 2 is 2.24 bits per heavy atom. The summed E-state index contributed by atoms with van der Waals surface area (Å²) in [6.45, 7) is 2.59. The molecular formula is C14H19BrN4O2. The molecule has 0 aliphatic heterocycles. The minimum Gasteiger partial charge on any atom is -0.485 e. The predicted octanol–water partition coefficient (Wildman–Crippen LogP) is 1.89. The standard InChI is InChI=1S/C14H19BrN4O2/c1-19-10-17-18-14(19)9-21-13-4-3-12(15)7-11(13)8-16-5-6-20-2/h3-4,7,10,16H,5-6,8-9H2,1-2H3. The second kappa shape index (κ2) is 8.11. The van der Waals surface area contributed by atoms with Crippen LogP contribution in [0.4, 0.5) is 0 Å². The minimum atomic E-state index is 0.392. The minimum absolute atomic E-state index is 0.392. The molecule has 114 valence electrons. The molecule has 1 aromatic carbocycles. The Hall–Kier alpha value is -1.44. The highest BCUT2D eigenvalue weighted by atomic mass is 79.9. The smallest absolute Gasteiger partial charge is 0.170 e.